The lowest BCUT2D eigenvalue weighted by Crippen LogP contribution is -2.13. The number of halogens is 2. The molecule has 1 N–H and O–H groups in total. The zero-order chi connectivity index (χ0) is 18.0. The van der Waals surface area contributed by atoms with E-state index in [0.717, 1.165) is 16.5 Å². The summed E-state index contributed by atoms with van der Waals surface area (Å²) in [7, 11) is 1.91. The smallest absolute Gasteiger partial charge is 0.266 e. The Kier molecular flexibility index (Phi) is 4.80. The molecule has 0 aliphatic rings. The fourth-order valence-electron chi connectivity index (χ4n) is 2.58. The summed E-state index contributed by atoms with van der Waals surface area (Å²) in [5, 5.41) is 13.5. The van der Waals surface area contributed by atoms with Gasteiger partial charge in [0.05, 0.1) is 15.7 Å². The van der Waals surface area contributed by atoms with Crippen molar-refractivity contribution in [2.24, 2.45) is 7.05 Å². The highest BCUT2D eigenvalue weighted by atomic mass is 35.5. The van der Waals surface area contributed by atoms with E-state index in [1.54, 1.807) is 24.3 Å². The number of nitrogens with one attached hydrogen (secondary N) is 1. The van der Waals surface area contributed by atoms with Crippen molar-refractivity contribution in [2.75, 3.05) is 5.32 Å². The van der Waals surface area contributed by atoms with E-state index in [2.05, 4.69) is 5.32 Å². The van der Waals surface area contributed by atoms with Gasteiger partial charge < -0.3 is 9.88 Å². The zero-order valence-electron chi connectivity index (χ0n) is 13.3. The first-order chi connectivity index (χ1) is 12.0. The number of nitrogens with zero attached hydrogens (tertiary/aromatic N) is 2. The van der Waals surface area contributed by atoms with Gasteiger partial charge in [0, 0.05) is 29.7 Å². The Bertz CT molecular complexity index is 1040. The van der Waals surface area contributed by atoms with Crippen LogP contribution >= 0.6 is 23.2 Å². The summed E-state index contributed by atoms with van der Waals surface area (Å²) in [6, 6.07) is 14.6. The number of hydrogen-bond donors (Lipinski definition) is 1. The minimum atomic E-state index is -0.542. The number of carbonyl (C=O) groups excluding carboxylic acids is 1. The van der Waals surface area contributed by atoms with Crippen molar-refractivity contribution in [1.29, 1.82) is 5.26 Å². The maximum absolute atomic E-state index is 12.4. The van der Waals surface area contributed by atoms with Gasteiger partial charge in [0.15, 0.2) is 0 Å². The Morgan fingerprint density at radius 2 is 1.96 bits per heavy atom. The Morgan fingerprint density at radius 1 is 1.20 bits per heavy atom. The molecule has 1 aromatic heterocycles. The van der Waals surface area contributed by atoms with Gasteiger partial charge in [-0.25, -0.2) is 0 Å². The monoisotopic (exact) mass is 369 g/mol. The lowest BCUT2D eigenvalue weighted by Gasteiger charge is -2.07. The van der Waals surface area contributed by atoms with Crippen molar-refractivity contribution in [3.63, 3.8) is 0 Å². The van der Waals surface area contributed by atoms with Crippen LogP contribution in [0.4, 0.5) is 5.69 Å². The predicted molar refractivity (Wildman–Crippen MR) is 102 cm³/mol. The van der Waals surface area contributed by atoms with Crippen LogP contribution in [0.5, 0.6) is 0 Å². The third kappa shape index (κ3) is 3.39. The normalized spacial score (nSPS) is 11.4. The molecule has 0 saturated heterocycles. The number of aromatic nitrogens is 1. The van der Waals surface area contributed by atoms with Crippen LogP contribution in [0.15, 0.2) is 54.2 Å². The molecule has 124 valence electrons. The van der Waals surface area contributed by atoms with Gasteiger partial charge in [-0.3, -0.25) is 4.79 Å². The van der Waals surface area contributed by atoms with Gasteiger partial charge in [0.25, 0.3) is 5.91 Å². The molecule has 1 amide bonds. The van der Waals surface area contributed by atoms with Gasteiger partial charge in [-0.2, -0.15) is 5.26 Å². The van der Waals surface area contributed by atoms with Crippen molar-refractivity contribution in [3.8, 4) is 6.07 Å². The van der Waals surface area contributed by atoms with Crippen LogP contribution < -0.4 is 5.32 Å². The minimum absolute atomic E-state index is 0.0209. The second-order valence-corrected chi connectivity index (χ2v) is 6.22. The number of carbonyl (C=O) groups is 1. The zero-order valence-corrected chi connectivity index (χ0v) is 14.8. The molecule has 0 atom stereocenters. The minimum Gasteiger partial charge on any atom is -0.350 e. The number of amides is 1. The van der Waals surface area contributed by atoms with Crippen LogP contribution in [0.3, 0.4) is 0 Å². The third-order valence-corrected chi connectivity index (χ3v) is 4.61. The van der Waals surface area contributed by atoms with E-state index in [1.165, 1.54) is 0 Å². The van der Waals surface area contributed by atoms with E-state index in [1.807, 2.05) is 48.1 Å². The maximum Gasteiger partial charge on any atom is 0.266 e. The van der Waals surface area contributed by atoms with E-state index in [9.17, 15) is 10.1 Å². The van der Waals surface area contributed by atoms with Gasteiger partial charge in [0.1, 0.15) is 11.6 Å². The Morgan fingerprint density at radius 3 is 2.72 bits per heavy atom. The number of benzene rings is 2. The van der Waals surface area contributed by atoms with Crippen LogP contribution in [0.1, 0.15) is 5.56 Å². The number of anilines is 1. The molecule has 2 aromatic carbocycles. The standard InChI is InChI=1S/C19H13Cl2N3O/c1-24-11-13(14-5-2-3-8-17(14)24)9-12(10-22)19(25)23-16-7-4-6-15(20)18(16)21/h2-9,11H,1H3,(H,23,25)/b12-9-. The topological polar surface area (TPSA) is 57.8 Å². The molecule has 6 heteroatoms. The quantitative estimate of drug-likeness (QED) is 0.519. The van der Waals surface area contributed by atoms with Crippen molar-refractivity contribution in [3.05, 3.63) is 69.8 Å². The van der Waals surface area contributed by atoms with Crippen LogP contribution in [-0.2, 0) is 11.8 Å². The van der Waals surface area contributed by atoms with Crippen LogP contribution in [0.25, 0.3) is 17.0 Å². The molecular formula is C19H13Cl2N3O. The summed E-state index contributed by atoms with van der Waals surface area (Å²) < 4.78 is 1.95. The van der Waals surface area contributed by atoms with Gasteiger partial charge in [0.2, 0.25) is 0 Å². The number of hydrogen-bond acceptors (Lipinski definition) is 2. The lowest BCUT2D eigenvalue weighted by atomic mass is 10.1. The van der Waals surface area contributed by atoms with Gasteiger partial charge >= 0.3 is 0 Å². The van der Waals surface area contributed by atoms with Crippen molar-refractivity contribution in [1.82, 2.24) is 4.57 Å². The van der Waals surface area contributed by atoms with Gasteiger partial charge in [-0.1, -0.05) is 47.5 Å². The van der Waals surface area contributed by atoms with Crippen molar-refractivity contribution >= 4 is 51.8 Å². The molecule has 3 rings (SSSR count). The first-order valence-electron chi connectivity index (χ1n) is 7.42. The summed E-state index contributed by atoms with van der Waals surface area (Å²) in [4.78, 5) is 12.4. The van der Waals surface area contributed by atoms with Gasteiger partial charge in [-0.05, 0) is 24.3 Å². The summed E-state index contributed by atoms with van der Waals surface area (Å²) in [5.41, 5.74) is 2.15. The lowest BCUT2D eigenvalue weighted by molar-refractivity contribution is -0.112. The largest absolute Gasteiger partial charge is 0.350 e. The molecule has 1 heterocycles. The molecule has 3 aromatic rings. The number of rotatable bonds is 3. The molecule has 4 nitrogen and oxygen atoms in total. The fourth-order valence-corrected chi connectivity index (χ4v) is 2.93. The van der Waals surface area contributed by atoms with Gasteiger partial charge in [-0.15, -0.1) is 0 Å². The Labute approximate surface area is 154 Å². The highest BCUT2D eigenvalue weighted by Crippen LogP contribution is 2.30. The molecule has 0 radical (unpaired) electrons. The highest BCUT2D eigenvalue weighted by molar-refractivity contribution is 6.44. The average Bonchev–Trinajstić information content (AvgIpc) is 2.93. The molecule has 0 bridgehead atoms. The number of fused-ring (bicyclic) bond motifs is 1. The second kappa shape index (κ2) is 7.02. The Hall–Kier alpha value is -2.74. The summed E-state index contributed by atoms with van der Waals surface area (Å²) >= 11 is 12.0. The maximum atomic E-state index is 12.4. The number of aryl methyl sites for hydroxylation is 1. The summed E-state index contributed by atoms with van der Waals surface area (Å²) in [5.74, 6) is -0.542. The van der Waals surface area contributed by atoms with Crippen molar-refractivity contribution < 1.29 is 4.79 Å². The number of nitriles is 1. The van der Waals surface area contributed by atoms with E-state index in [0.29, 0.717) is 10.7 Å². The van der Waals surface area contributed by atoms with Crippen LogP contribution in [0.2, 0.25) is 10.0 Å². The molecule has 0 aliphatic heterocycles. The molecule has 0 spiro atoms. The molecule has 0 saturated carbocycles. The molecule has 0 unspecified atom stereocenters. The van der Waals surface area contributed by atoms with Crippen molar-refractivity contribution in [2.45, 2.75) is 0 Å². The molecular weight excluding hydrogens is 357 g/mol. The fraction of sp³-hybridized carbons (Fsp3) is 0.0526. The third-order valence-electron chi connectivity index (χ3n) is 3.79. The molecule has 0 aliphatic carbocycles. The first-order valence-corrected chi connectivity index (χ1v) is 8.18. The molecule has 0 fully saturated rings. The average molecular weight is 370 g/mol. The second-order valence-electron chi connectivity index (χ2n) is 5.44. The van der Waals surface area contributed by atoms with E-state index in [-0.39, 0.29) is 10.6 Å². The Balaban J connectivity index is 1.96. The van der Waals surface area contributed by atoms with E-state index >= 15 is 0 Å². The van der Waals surface area contributed by atoms with Crippen LogP contribution in [0, 0.1) is 11.3 Å². The summed E-state index contributed by atoms with van der Waals surface area (Å²) in [6.07, 6.45) is 3.44. The van der Waals surface area contributed by atoms with E-state index in [4.69, 9.17) is 23.2 Å². The van der Waals surface area contributed by atoms with E-state index < -0.39 is 5.91 Å². The van der Waals surface area contributed by atoms with Crippen LogP contribution in [-0.4, -0.2) is 10.5 Å². The highest BCUT2D eigenvalue weighted by Gasteiger charge is 2.14. The SMILES string of the molecule is Cn1cc(/C=C(/C#N)C(=O)Nc2cccc(Cl)c2Cl)c2ccccc21. The molecule has 25 heavy (non-hydrogen) atoms. The number of para-hydroxylation sites is 1. The predicted octanol–water partition coefficient (Wildman–Crippen LogP) is 5.03. The first kappa shape index (κ1) is 17.1. The summed E-state index contributed by atoms with van der Waals surface area (Å²) in [6.45, 7) is 0.